The molecule has 154 valence electrons. The number of aromatic amines is 1. The molecule has 3 aromatic heterocycles. The lowest BCUT2D eigenvalue weighted by Gasteiger charge is -2.11. The van der Waals surface area contributed by atoms with Crippen LogP contribution in [0.5, 0.6) is 0 Å². The molecule has 1 aliphatic carbocycles. The minimum atomic E-state index is -0.0178. The zero-order valence-electron chi connectivity index (χ0n) is 17.0. The van der Waals surface area contributed by atoms with E-state index in [0.29, 0.717) is 30.2 Å². The van der Waals surface area contributed by atoms with Crippen LogP contribution in [0.1, 0.15) is 48.1 Å². The molecule has 1 saturated carbocycles. The number of aryl methyl sites for hydroxylation is 2. The second kappa shape index (κ2) is 7.32. The molecule has 1 aromatic carbocycles. The molecule has 0 radical (unpaired) electrons. The Morgan fingerprint density at radius 2 is 2.10 bits per heavy atom. The largest absolute Gasteiger partial charge is 0.349 e. The predicted octanol–water partition coefficient (Wildman–Crippen LogP) is 3.34. The number of carbonyl (C=O) groups excluding carboxylic acids is 1. The molecule has 0 atom stereocenters. The number of hydrogen-bond donors (Lipinski definition) is 2. The highest BCUT2D eigenvalue weighted by Gasteiger charge is 2.27. The van der Waals surface area contributed by atoms with Gasteiger partial charge in [-0.2, -0.15) is 10.2 Å². The van der Waals surface area contributed by atoms with E-state index in [2.05, 4.69) is 20.6 Å². The summed E-state index contributed by atoms with van der Waals surface area (Å²) in [4.78, 5) is 17.3. The number of H-pyrrole nitrogens is 1. The first-order valence-electron chi connectivity index (χ1n) is 10.2. The van der Waals surface area contributed by atoms with Crippen LogP contribution >= 0.6 is 12.2 Å². The number of aromatic nitrogens is 6. The number of nitrogens with one attached hydrogen (secondary N) is 2. The fourth-order valence-corrected chi connectivity index (χ4v) is 4.31. The van der Waals surface area contributed by atoms with Crippen LogP contribution in [0.2, 0.25) is 0 Å². The van der Waals surface area contributed by atoms with Gasteiger partial charge in [-0.1, -0.05) is 12.1 Å². The van der Waals surface area contributed by atoms with E-state index in [-0.39, 0.29) is 5.91 Å². The van der Waals surface area contributed by atoms with Crippen LogP contribution in [0.15, 0.2) is 24.3 Å². The van der Waals surface area contributed by atoms with Gasteiger partial charge in [0.1, 0.15) is 0 Å². The van der Waals surface area contributed by atoms with Gasteiger partial charge in [-0.25, -0.2) is 9.50 Å². The monoisotopic (exact) mass is 421 g/mol. The summed E-state index contributed by atoms with van der Waals surface area (Å²) < 4.78 is 4.53. The summed E-state index contributed by atoms with van der Waals surface area (Å²) in [6.07, 6.45) is 3.22. The minimum Gasteiger partial charge on any atom is -0.349 e. The van der Waals surface area contributed by atoms with E-state index in [9.17, 15) is 4.79 Å². The number of carbonyl (C=O) groups is 1. The van der Waals surface area contributed by atoms with Gasteiger partial charge in [0.05, 0.1) is 12.1 Å². The quantitative estimate of drug-likeness (QED) is 0.466. The van der Waals surface area contributed by atoms with Crippen LogP contribution in [-0.2, 0) is 17.8 Å². The summed E-state index contributed by atoms with van der Waals surface area (Å²) in [5.74, 6) is 0.769. The molecule has 8 nitrogen and oxygen atoms in total. The minimum absolute atomic E-state index is 0.0178. The highest BCUT2D eigenvalue weighted by Crippen LogP contribution is 2.35. The molecule has 1 fully saturated rings. The van der Waals surface area contributed by atoms with Crippen LogP contribution in [0, 0.1) is 18.6 Å². The average molecular weight is 422 g/mol. The van der Waals surface area contributed by atoms with Crippen molar-refractivity contribution in [1.29, 1.82) is 0 Å². The molecule has 30 heavy (non-hydrogen) atoms. The standard InChI is InChI=1S/C21H23N7OS/c1-12-15(13(2)28-20(23-12)16-5-3-4-6-17(16)26-28)9-10-19(29)22-11-18-24-25-21(30)27(18)14-7-8-14/h3-6,14H,7-11H2,1-2H3,(H,22,29)(H,25,30). The van der Waals surface area contributed by atoms with Gasteiger partial charge >= 0.3 is 0 Å². The first-order valence-corrected chi connectivity index (χ1v) is 10.6. The first kappa shape index (κ1) is 18.9. The van der Waals surface area contributed by atoms with Crippen molar-refractivity contribution in [3.05, 3.63) is 51.8 Å². The Morgan fingerprint density at radius 3 is 2.90 bits per heavy atom. The molecule has 3 heterocycles. The lowest BCUT2D eigenvalue weighted by Crippen LogP contribution is -2.25. The summed E-state index contributed by atoms with van der Waals surface area (Å²) in [5.41, 5.74) is 4.80. The lowest BCUT2D eigenvalue weighted by molar-refractivity contribution is -0.121. The normalized spacial score (nSPS) is 13.9. The third-order valence-electron chi connectivity index (χ3n) is 5.75. The van der Waals surface area contributed by atoms with Gasteiger partial charge in [-0.15, -0.1) is 0 Å². The van der Waals surface area contributed by atoms with Gasteiger partial charge in [-0.05, 0) is 63.0 Å². The molecule has 4 aromatic rings. The molecule has 1 amide bonds. The van der Waals surface area contributed by atoms with E-state index >= 15 is 0 Å². The first-order chi connectivity index (χ1) is 14.5. The SMILES string of the molecule is Cc1nc2c3ccccc3nn2c(C)c1CCC(=O)NCc1n[nH]c(=S)n1C1CC1. The highest BCUT2D eigenvalue weighted by molar-refractivity contribution is 7.71. The second-order valence-corrected chi connectivity index (χ2v) is 8.22. The molecule has 0 aliphatic heterocycles. The summed E-state index contributed by atoms with van der Waals surface area (Å²) >= 11 is 5.29. The van der Waals surface area contributed by atoms with Gasteiger partial charge in [0.2, 0.25) is 5.91 Å². The van der Waals surface area contributed by atoms with Gasteiger partial charge < -0.3 is 5.32 Å². The third-order valence-corrected chi connectivity index (χ3v) is 6.04. The zero-order valence-corrected chi connectivity index (χ0v) is 17.8. The average Bonchev–Trinajstić information content (AvgIpc) is 3.40. The van der Waals surface area contributed by atoms with E-state index < -0.39 is 0 Å². The number of amides is 1. The summed E-state index contributed by atoms with van der Waals surface area (Å²) in [6.45, 7) is 4.41. The molecule has 0 unspecified atom stereocenters. The molecule has 1 aliphatic rings. The van der Waals surface area contributed by atoms with Crippen molar-refractivity contribution in [3.8, 4) is 0 Å². The number of hydrogen-bond acceptors (Lipinski definition) is 5. The molecule has 0 spiro atoms. The maximum Gasteiger partial charge on any atom is 0.220 e. The Balaban J connectivity index is 1.30. The van der Waals surface area contributed by atoms with Gasteiger partial charge in [0.15, 0.2) is 16.2 Å². The zero-order chi connectivity index (χ0) is 20.8. The van der Waals surface area contributed by atoms with Crippen molar-refractivity contribution in [3.63, 3.8) is 0 Å². The fourth-order valence-electron chi connectivity index (χ4n) is 4.01. The summed E-state index contributed by atoms with van der Waals surface area (Å²) in [6, 6.07) is 8.42. The number of fused-ring (bicyclic) bond motifs is 3. The van der Waals surface area contributed by atoms with Crippen molar-refractivity contribution >= 4 is 34.7 Å². The number of nitrogens with zero attached hydrogens (tertiary/aromatic N) is 5. The van der Waals surface area contributed by atoms with E-state index in [4.69, 9.17) is 17.2 Å². The van der Waals surface area contributed by atoms with E-state index in [0.717, 1.165) is 52.2 Å². The van der Waals surface area contributed by atoms with Gasteiger partial charge in [0.25, 0.3) is 0 Å². The van der Waals surface area contributed by atoms with Crippen LogP contribution in [0.4, 0.5) is 0 Å². The molecular formula is C21H23N7OS. The highest BCUT2D eigenvalue weighted by atomic mass is 32.1. The Labute approximate surface area is 178 Å². The maximum atomic E-state index is 12.5. The van der Waals surface area contributed by atoms with E-state index in [1.807, 2.05) is 47.2 Å². The van der Waals surface area contributed by atoms with Crippen molar-refractivity contribution in [2.75, 3.05) is 0 Å². The third kappa shape index (κ3) is 3.28. The smallest absolute Gasteiger partial charge is 0.220 e. The Bertz CT molecular complexity index is 1330. The molecule has 5 rings (SSSR count). The van der Waals surface area contributed by atoms with E-state index in [1.165, 1.54) is 0 Å². The summed E-state index contributed by atoms with van der Waals surface area (Å²) in [7, 11) is 0. The van der Waals surface area contributed by atoms with E-state index in [1.54, 1.807) is 0 Å². The topological polar surface area (TPSA) is 92.9 Å². The Morgan fingerprint density at radius 1 is 1.30 bits per heavy atom. The lowest BCUT2D eigenvalue weighted by atomic mass is 10.1. The van der Waals surface area contributed by atoms with Crippen LogP contribution in [0.25, 0.3) is 16.6 Å². The van der Waals surface area contributed by atoms with Crippen molar-refractivity contribution in [2.24, 2.45) is 0 Å². The van der Waals surface area contributed by atoms with Gasteiger partial charge in [0, 0.05) is 29.2 Å². The fraction of sp³-hybridized carbons (Fsp3) is 0.381. The number of benzene rings is 1. The molecule has 0 bridgehead atoms. The Kier molecular flexibility index (Phi) is 4.62. The van der Waals surface area contributed by atoms with Crippen LogP contribution < -0.4 is 5.32 Å². The summed E-state index contributed by atoms with van der Waals surface area (Å²) in [5, 5.41) is 15.8. The van der Waals surface area contributed by atoms with Crippen molar-refractivity contribution < 1.29 is 4.79 Å². The molecule has 0 saturated heterocycles. The Hall–Kier alpha value is -3.07. The number of rotatable bonds is 6. The second-order valence-electron chi connectivity index (χ2n) is 7.84. The molecule has 9 heteroatoms. The van der Waals surface area contributed by atoms with Crippen molar-refractivity contribution in [2.45, 2.75) is 52.1 Å². The molecule has 2 N–H and O–H groups in total. The maximum absolute atomic E-state index is 12.5. The molecular weight excluding hydrogens is 398 g/mol. The predicted molar refractivity (Wildman–Crippen MR) is 116 cm³/mol. The van der Waals surface area contributed by atoms with Gasteiger partial charge in [-0.3, -0.25) is 14.5 Å². The van der Waals surface area contributed by atoms with Crippen LogP contribution in [0.3, 0.4) is 0 Å². The van der Waals surface area contributed by atoms with Crippen molar-refractivity contribution in [1.82, 2.24) is 34.7 Å². The van der Waals surface area contributed by atoms with Crippen LogP contribution in [-0.4, -0.2) is 35.3 Å².